The second kappa shape index (κ2) is 7.42. The Hall–Kier alpha value is -2.14. The van der Waals surface area contributed by atoms with Gasteiger partial charge < -0.3 is 14.9 Å². The van der Waals surface area contributed by atoms with Gasteiger partial charge in [0, 0.05) is 13.1 Å². The number of benzene rings is 1. The second-order valence-electron chi connectivity index (χ2n) is 5.66. The molecule has 2 rings (SSSR count). The number of carbonyl (C=O) groups is 2. The van der Waals surface area contributed by atoms with Gasteiger partial charge in [-0.2, -0.15) is 0 Å². The van der Waals surface area contributed by atoms with Gasteiger partial charge in [-0.1, -0.05) is 44.2 Å². The Balaban J connectivity index is 2.33. The Kier molecular flexibility index (Phi) is 5.55. The van der Waals surface area contributed by atoms with Crippen LogP contribution in [-0.4, -0.2) is 52.8 Å². The lowest BCUT2D eigenvalue weighted by Gasteiger charge is -2.29. The number of amides is 1. The van der Waals surface area contributed by atoms with E-state index in [4.69, 9.17) is 0 Å². The molecule has 0 aromatic heterocycles. The van der Waals surface area contributed by atoms with E-state index in [9.17, 15) is 14.7 Å². The van der Waals surface area contributed by atoms with Crippen molar-refractivity contribution >= 4 is 11.7 Å². The van der Waals surface area contributed by atoms with Crippen LogP contribution in [0.5, 0.6) is 0 Å². The van der Waals surface area contributed by atoms with Gasteiger partial charge in [0.1, 0.15) is 0 Å². The summed E-state index contributed by atoms with van der Waals surface area (Å²) in [5.74, 6) is -1.14. The van der Waals surface area contributed by atoms with Crippen molar-refractivity contribution in [3.05, 3.63) is 47.2 Å². The van der Waals surface area contributed by atoms with Crippen molar-refractivity contribution in [1.82, 2.24) is 9.80 Å². The molecule has 1 atom stereocenters. The standard InChI is InChI=1S/C18H24N2O3/c1-4-19(5-2)11-12-20-16(14-9-7-6-8-10-14)15(13(3)21)17(22)18(20)23/h6-10,16,22H,4-5,11-12H2,1-3H3/t16-/m0/s1. The van der Waals surface area contributed by atoms with Crippen LogP contribution in [0, 0.1) is 0 Å². The lowest BCUT2D eigenvalue weighted by atomic mass is 9.97. The first-order valence-electron chi connectivity index (χ1n) is 8.03. The highest BCUT2D eigenvalue weighted by molar-refractivity contribution is 6.08. The summed E-state index contributed by atoms with van der Waals surface area (Å²) in [6.07, 6.45) is 0. The van der Waals surface area contributed by atoms with Gasteiger partial charge in [-0.05, 0) is 25.6 Å². The number of ketones is 1. The summed E-state index contributed by atoms with van der Waals surface area (Å²) in [6.45, 7) is 8.51. The molecule has 1 N–H and O–H groups in total. The SMILES string of the molecule is CCN(CC)CCN1C(=O)C(O)=C(C(C)=O)[C@@H]1c1ccccc1. The van der Waals surface area contributed by atoms with Gasteiger partial charge in [0.25, 0.3) is 5.91 Å². The Bertz CT molecular complexity index is 606. The van der Waals surface area contributed by atoms with Crippen molar-refractivity contribution in [3.8, 4) is 0 Å². The average Bonchev–Trinajstić information content (AvgIpc) is 2.81. The van der Waals surface area contributed by atoms with Crippen LogP contribution in [0.15, 0.2) is 41.7 Å². The Morgan fingerprint density at radius 1 is 1.22 bits per heavy atom. The normalized spacial score (nSPS) is 18.2. The first-order chi connectivity index (χ1) is 11.0. The number of likely N-dealkylation sites (N-methyl/N-ethyl adjacent to an activating group) is 1. The summed E-state index contributed by atoms with van der Waals surface area (Å²) in [4.78, 5) is 28.2. The summed E-state index contributed by atoms with van der Waals surface area (Å²) >= 11 is 0. The molecule has 1 aromatic rings. The first-order valence-corrected chi connectivity index (χ1v) is 8.03. The van der Waals surface area contributed by atoms with Gasteiger partial charge >= 0.3 is 0 Å². The molecule has 124 valence electrons. The maximum Gasteiger partial charge on any atom is 0.290 e. The maximum atomic E-state index is 12.4. The third-order valence-corrected chi connectivity index (χ3v) is 4.35. The van der Waals surface area contributed by atoms with Crippen LogP contribution in [0.4, 0.5) is 0 Å². The van der Waals surface area contributed by atoms with Crippen LogP contribution in [0.3, 0.4) is 0 Å². The van der Waals surface area contributed by atoms with Crippen molar-refractivity contribution in [2.45, 2.75) is 26.8 Å². The van der Waals surface area contributed by atoms with Crippen LogP contribution in [0.2, 0.25) is 0 Å². The number of hydrogen-bond donors (Lipinski definition) is 1. The minimum absolute atomic E-state index is 0.195. The minimum atomic E-state index is -0.503. The Morgan fingerprint density at radius 2 is 1.83 bits per heavy atom. The van der Waals surface area contributed by atoms with Crippen molar-refractivity contribution in [3.63, 3.8) is 0 Å². The van der Waals surface area contributed by atoms with Crippen LogP contribution in [0.1, 0.15) is 32.4 Å². The van der Waals surface area contributed by atoms with E-state index in [0.717, 1.165) is 18.7 Å². The van der Waals surface area contributed by atoms with Crippen LogP contribution < -0.4 is 0 Å². The molecule has 0 saturated carbocycles. The fourth-order valence-corrected chi connectivity index (χ4v) is 3.01. The smallest absolute Gasteiger partial charge is 0.290 e. The Labute approximate surface area is 137 Å². The van der Waals surface area contributed by atoms with Crippen molar-refractivity contribution in [2.75, 3.05) is 26.2 Å². The molecule has 1 heterocycles. The monoisotopic (exact) mass is 316 g/mol. The third kappa shape index (κ3) is 3.45. The van der Waals surface area contributed by atoms with E-state index >= 15 is 0 Å². The molecule has 5 nitrogen and oxygen atoms in total. The van der Waals surface area contributed by atoms with Gasteiger partial charge in [0.15, 0.2) is 11.5 Å². The molecular weight excluding hydrogens is 292 g/mol. The highest BCUT2D eigenvalue weighted by atomic mass is 16.3. The lowest BCUT2D eigenvalue weighted by molar-refractivity contribution is -0.129. The van der Waals surface area contributed by atoms with E-state index in [1.807, 2.05) is 30.3 Å². The van der Waals surface area contributed by atoms with E-state index in [1.165, 1.54) is 6.92 Å². The molecule has 5 heteroatoms. The fourth-order valence-electron chi connectivity index (χ4n) is 3.01. The molecule has 1 aliphatic heterocycles. The first kappa shape index (κ1) is 17.2. The fraction of sp³-hybridized carbons (Fsp3) is 0.444. The van der Waals surface area contributed by atoms with E-state index in [2.05, 4.69) is 18.7 Å². The topological polar surface area (TPSA) is 60.9 Å². The van der Waals surface area contributed by atoms with E-state index in [1.54, 1.807) is 4.90 Å². The molecule has 0 unspecified atom stereocenters. The van der Waals surface area contributed by atoms with Crippen molar-refractivity contribution in [2.24, 2.45) is 0 Å². The van der Waals surface area contributed by atoms with Gasteiger partial charge in [-0.15, -0.1) is 0 Å². The molecule has 0 bridgehead atoms. The predicted molar refractivity (Wildman–Crippen MR) is 89.0 cm³/mol. The van der Waals surface area contributed by atoms with Crippen LogP contribution in [-0.2, 0) is 9.59 Å². The number of rotatable bonds is 7. The van der Waals surface area contributed by atoms with Crippen LogP contribution >= 0.6 is 0 Å². The highest BCUT2D eigenvalue weighted by Crippen LogP contribution is 2.37. The average molecular weight is 316 g/mol. The van der Waals surface area contributed by atoms with Gasteiger partial charge in [-0.3, -0.25) is 9.59 Å². The second-order valence-corrected chi connectivity index (χ2v) is 5.66. The highest BCUT2D eigenvalue weighted by Gasteiger charge is 2.42. The molecule has 0 aliphatic carbocycles. The molecule has 0 radical (unpaired) electrons. The van der Waals surface area contributed by atoms with Crippen LogP contribution in [0.25, 0.3) is 0 Å². The van der Waals surface area contributed by atoms with Crippen molar-refractivity contribution < 1.29 is 14.7 Å². The quantitative estimate of drug-likeness (QED) is 0.838. The van der Waals surface area contributed by atoms with Gasteiger partial charge in [0.2, 0.25) is 0 Å². The summed E-state index contributed by atoms with van der Waals surface area (Å²) in [5, 5.41) is 10.2. The lowest BCUT2D eigenvalue weighted by Crippen LogP contribution is -2.38. The van der Waals surface area contributed by atoms with E-state index in [-0.39, 0.29) is 11.4 Å². The molecule has 23 heavy (non-hydrogen) atoms. The number of hydrogen-bond acceptors (Lipinski definition) is 4. The zero-order valence-electron chi connectivity index (χ0n) is 14.0. The van der Waals surface area contributed by atoms with E-state index in [0.29, 0.717) is 13.1 Å². The third-order valence-electron chi connectivity index (χ3n) is 4.35. The summed E-state index contributed by atoms with van der Waals surface area (Å²) in [7, 11) is 0. The number of aliphatic hydroxyl groups is 1. The zero-order chi connectivity index (χ0) is 17.0. The molecular formula is C18H24N2O3. The molecule has 0 fully saturated rings. The number of aliphatic hydroxyl groups excluding tert-OH is 1. The van der Waals surface area contributed by atoms with E-state index < -0.39 is 17.7 Å². The summed E-state index contributed by atoms with van der Waals surface area (Å²) < 4.78 is 0. The van der Waals surface area contributed by atoms with Crippen molar-refractivity contribution in [1.29, 1.82) is 0 Å². The number of nitrogens with zero attached hydrogens (tertiary/aromatic N) is 2. The largest absolute Gasteiger partial charge is 0.503 e. The summed E-state index contributed by atoms with van der Waals surface area (Å²) in [6, 6.07) is 8.88. The predicted octanol–water partition coefficient (Wildman–Crippen LogP) is 2.31. The molecule has 1 aliphatic rings. The minimum Gasteiger partial charge on any atom is -0.503 e. The molecule has 0 spiro atoms. The maximum absolute atomic E-state index is 12.4. The Morgan fingerprint density at radius 3 is 2.35 bits per heavy atom. The summed E-state index contributed by atoms with van der Waals surface area (Å²) in [5.41, 5.74) is 1.04. The number of Topliss-reactive ketones (excluding diaryl/α,β-unsaturated/α-hetero) is 1. The molecule has 1 aromatic carbocycles. The van der Waals surface area contributed by atoms with Gasteiger partial charge in [0.05, 0.1) is 11.6 Å². The molecule has 1 amide bonds. The van der Waals surface area contributed by atoms with Gasteiger partial charge in [-0.25, -0.2) is 0 Å². The number of carbonyl (C=O) groups excluding carboxylic acids is 2. The zero-order valence-corrected chi connectivity index (χ0v) is 14.0. The molecule has 0 saturated heterocycles.